The summed E-state index contributed by atoms with van der Waals surface area (Å²) in [5.41, 5.74) is 0.486. The van der Waals surface area contributed by atoms with Crippen LogP contribution in [-0.4, -0.2) is 60.5 Å². The summed E-state index contributed by atoms with van der Waals surface area (Å²) in [5, 5.41) is 5.62. The highest BCUT2D eigenvalue weighted by molar-refractivity contribution is 5.90. The molecule has 2 saturated heterocycles. The molecule has 0 radical (unpaired) electrons. The second kappa shape index (κ2) is 8.29. The van der Waals surface area contributed by atoms with Crippen LogP contribution in [0.1, 0.15) is 25.7 Å². The van der Waals surface area contributed by atoms with E-state index in [0.717, 1.165) is 45.4 Å². The molecule has 1 aromatic rings. The van der Waals surface area contributed by atoms with Gasteiger partial charge in [0.05, 0.1) is 0 Å². The minimum absolute atomic E-state index is 0.0548. The lowest BCUT2D eigenvalue weighted by Crippen LogP contribution is -2.54. The zero-order valence-electron chi connectivity index (χ0n) is 14.3. The topological polar surface area (TPSA) is 64.7 Å². The molecular formula is C18H25FN4O2. The number of carbonyl (C=O) groups excluding carboxylic acids is 2. The third-order valence-electron chi connectivity index (χ3n) is 4.87. The molecule has 2 aliphatic heterocycles. The van der Waals surface area contributed by atoms with Gasteiger partial charge in [0.2, 0.25) is 5.91 Å². The van der Waals surface area contributed by atoms with Crippen LogP contribution in [0.5, 0.6) is 0 Å². The van der Waals surface area contributed by atoms with Gasteiger partial charge in [0, 0.05) is 50.9 Å². The summed E-state index contributed by atoms with van der Waals surface area (Å²) in [7, 11) is 0. The molecule has 2 aliphatic rings. The lowest BCUT2D eigenvalue weighted by Gasteiger charge is -2.40. The molecule has 0 saturated carbocycles. The van der Waals surface area contributed by atoms with Crippen molar-refractivity contribution < 1.29 is 14.0 Å². The maximum atomic E-state index is 13.1. The Labute approximate surface area is 147 Å². The number of likely N-dealkylation sites (tertiary alicyclic amines) is 1. The number of nitrogens with zero attached hydrogens (tertiary/aromatic N) is 2. The van der Waals surface area contributed by atoms with Crippen LogP contribution in [0, 0.1) is 5.82 Å². The van der Waals surface area contributed by atoms with Gasteiger partial charge in [-0.3, -0.25) is 4.79 Å². The van der Waals surface area contributed by atoms with E-state index in [0.29, 0.717) is 24.7 Å². The number of nitrogens with one attached hydrogen (secondary N) is 2. The van der Waals surface area contributed by atoms with Crippen LogP contribution in [0.3, 0.4) is 0 Å². The van der Waals surface area contributed by atoms with Crippen LogP contribution in [0.4, 0.5) is 14.9 Å². The molecule has 0 spiro atoms. The fourth-order valence-corrected chi connectivity index (χ4v) is 3.50. The predicted molar refractivity (Wildman–Crippen MR) is 93.8 cm³/mol. The van der Waals surface area contributed by atoms with Crippen molar-refractivity contribution in [3.05, 3.63) is 30.1 Å². The highest BCUT2D eigenvalue weighted by Crippen LogP contribution is 2.19. The SMILES string of the molecule is O=C(CCN1CCC(N2CCCNC2=O)CC1)Nc1cccc(F)c1. The molecule has 0 aliphatic carbocycles. The number of anilines is 1. The minimum Gasteiger partial charge on any atom is -0.338 e. The van der Waals surface area contributed by atoms with Crippen LogP contribution in [0.2, 0.25) is 0 Å². The number of rotatable bonds is 5. The average molecular weight is 348 g/mol. The lowest BCUT2D eigenvalue weighted by molar-refractivity contribution is -0.116. The molecule has 2 heterocycles. The zero-order valence-corrected chi connectivity index (χ0v) is 14.3. The molecule has 0 bridgehead atoms. The highest BCUT2D eigenvalue weighted by Gasteiger charge is 2.29. The number of piperidine rings is 1. The largest absolute Gasteiger partial charge is 0.338 e. The van der Waals surface area contributed by atoms with E-state index in [1.807, 2.05) is 4.90 Å². The highest BCUT2D eigenvalue weighted by atomic mass is 19.1. The molecule has 136 valence electrons. The number of carbonyl (C=O) groups is 2. The lowest BCUT2D eigenvalue weighted by atomic mass is 10.0. The summed E-state index contributed by atoms with van der Waals surface area (Å²) in [5.74, 6) is -0.468. The maximum Gasteiger partial charge on any atom is 0.317 e. The quantitative estimate of drug-likeness (QED) is 0.856. The van der Waals surface area contributed by atoms with Gasteiger partial charge >= 0.3 is 6.03 Å². The summed E-state index contributed by atoms with van der Waals surface area (Å²) < 4.78 is 13.1. The monoisotopic (exact) mass is 348 g/mol. The van der Waals surface area contributed by atoms with Gasteiger partial charge in [-0.05, 0) is 37.5 Å². The molecule has 1 aromatic carbocycles. The summed E-state index contributed by atoms with van der Waals surface area (Å²) in [4.78, 5) is 28.1. The van der Waals surface area contributed by atoms with E-state index in [4.69, 9.17) is 0 Å². The number of urea groups is 1. The first kappa shape index (κ1) is 17.7. The predicted octanol–water partition coefficient (Wildman–Crippen LogP) is 2.03. The van der Waals surface area contributed by atoms with Crippen molar-refractivity contribution in [2.24, 2.45) is 0 Å². The Hall–Kier alpha value is -2.15. The second-order valence-electron chi connectivity index (χ2n) is 6.66. The van der Waals surface area contributed by atoms with Crippen molar-refractivity contribution in [1.82, 2.24) is 15.1 Å². The minimum atomic E-state index is -0.360. The maximum absolute atomic E-state index is 13.1. The molecule has 7 heteroatoms. The standard InChI is InChI=1S/C18H25FN4O2/c19-14-3-1-4-15(13-14)21-17(24)7-12-22-10-5-16(6-11-22)23-9-2-8-20-18(23)25/h1,3-4,13,16H,2,5-12H2,(H,20,25)(H,21,24). The van der Waals surface area contributed by atoms with Crippen LogP contribution >= 0.6 is 0 Å². The first-order valence-corrected chi connectivity index (χ1v) is 8.94. The third-order valence-corrected chi connectivity index (χ3v) is 4.87. The first-order chi connectivity index (χ1) is 12.1. The molecule has 0 aromatic heterocycles. The van der Waals surface area contributed by atoms with Gasteiger partial charge in [-0.25, -0.2) is 9.18 Å². The second-order valence-corrected chi connectivity index (χ2v) is 6.66. The number of hydrogen-bond acceptors (Lipinski definition) is 3. The van der Waals surface area contributed by atoms with Crippen molar-refractivity contribution in [3.63, 3.8) is 0 Å². The van der Waals surface area contributed by atoms with Gasteiger partial charge in [-0.15, -0.1) is 0 Å². The summed E-state index contributed by atoms with van der Waals surface area (Å²) in [6.45, 7) is 4.07. The van der Waals surface area contributed by atoms with Gasteiger partial charge in [-0.2, -0.15) is 0 Å². The molecular weight excluding hydrogens is 323 g/mol. The van der Waals surface area contributed by atoms with Crippen molar-refractivity contribution in [3.8, 4) is 0 Å². The Morgan fingerprint density at radius 2 is 2.08 bits per heavy atom. The van der Waals surface area contributed by atoms with E-state index >= 15 is 0 Å². The first-order valence-electron chi connectivity index (χ1n) is 8.94. The normalized spacial score (nSPS) is 19.6. The Bertz CT molecular complexity index is 617. The third kappa shape index (κ3) is 4.92. The fourth-order valence-electron chi connectivity index (χ4n) is 3.50. The average Bonchev–Trinajstić information content (AvgIpc) is 2.61. The van der Waals surface area contributed by atoms with Crippen molar-refractivity contribution in [2.75, 3.05) is 38.0 Å². The van der Waals surface area contributed by atoms with Gasteiger partial charge in [0.1, 0.15) is 5.82 Å². The Morgan fingerprint density at radius 3 is 2.80 bits per heavy atom. The number of benzene rings is 1. The van der Waals surface area contributed by atoms with Gasteiger partial charge in [0.25, 0.3) is 0 Å². The summed E-state index contributed by atoms with van der Waals surface area (Å²) >= 11 is 0. The molecule has 3 amide bonds. The summed E-state index contributed by atoms with van der Waals surface area (Å²) in [6, 6.07) is 6.27. The van der Waals surface area contributed by atoms with Crippen LogP contribution in [-0.2, 0) is 4.79 Å². The molecule has 0 atom stereocenters. The summed E-state index contributed by atoms with van der Waals surface area (Å²) in [6.07, 6.45) is 3.27. The molecule has 3 rings (SSSR count). The molecule has 0 unspecified atom stereocenters. The van der Waals surface area contributed by atoms with Gasteiger partial charge in [0.15, 0.2) is 0 Å². The smallest absolute Gasteiger partial charge is 0.317 e. The fraction of sp³-hybridized carbons (Fsp3) is 0.556. The van der Waals surface area contributed by atoms with Crippen molar-refractivity contribution in [1.29, 1.82) is 0 Å². The van der Waals surface area contributed by atoms with E-state index < -0.39 is 0 Å². The zero-order chi connectivity index (χ0) is 17.6. The Morgan fingerprint density at radius 1 is 1.28 bits per heavy atom. The Kier molecular flexibility index (Phi) is 5.86. The molecule has 2 fully saturated rings. The molecule has 25 heavy (non-hydrogen) atoms. The van der Waals surface area contributed by atoms with Gasteiger partial charge in [-0.1, -0.05) is 6.07 Å². The van der Waals surface area contributed by atoms with Crippen molar-refractivity contribution >= 4 is 17.6 Å². The van der Waals surface area contributed by atoms with E-state index in [1.54, 1.807) is 12.1 Å². The van der Waals surface area contributed by atoms with E-state index in [-0.39, 0.29) is 17.8 Å². The van der Waals surface area contributed by atoms with E-state index in [9.17, 15) is 14.0 Å². The number of halogens is 1. The van der Waals surface area contributed by atoms with E-state index in [2.05, 4.69) is 15.5 Å². The molecule has 6 nitrogen and oxygen atoms in total. The van der Waals surface area contributed by atoms with Crippen molar-refractivity contribution in [2.45, 2.75) is 31.7 Å². The van der Waals surface area contributed by atoms with E-state index in [1.165, 1.54) is 12.1 Å². The van der Waals surface area contributed by atoms with Gasteiger partial charge < -0.3 is 20.4 Å². The van der Waals surface area contributed by atoms with Crippen LogP contribution < -0.4 is 10.6 Å². The number of amides is 3. The van der Waals surface area contributed by atoms with Crippen LogP contribution in [0.15, 0.2) is 24.3 Å². The Balaban J connectivity index is 1.39. The molecule has 2 N–H and O–H groups in total. The van der Waals surface area contributed by atoms with Crippen LogP contribution in [0.25, 0.3) is 0 Å². The number of hydrogen-bond donors (Lipinski definition) is 2.